The normalized spacial score (nSPS) is 17.1. The Labute approximate surface area is 114 Å². The van der Waals surface area contributed by atoms with Crippen LogP contribution in [0.1, 0.15) is 18.3 Å². The first-order valence-electron chi connectivity index (χ1n) is 5.46. The molecule has 1 aliphatic heterocycles. The molecular weight excluding hydrogens is 335 g/mol. The van der Waals surface area contributed by atoms with E-state index in [0.717, 1.165) is 34.5 Å². The van der Waals surface area contributed by atoms with E-state index in [0.29, 0.717) is 0 Å². The van der Waals surface area contributed by atoms with Crippen molar-refractivity contribution in [1.82, 2.24) is 0 Å². The molecule has 0 radical (unpaired) electrons. The Hall–Kier alpha value is -0.370. The molecule has 0 aromatic heterocycles. The molecule has 0 amide bonds. The summed E-state index contributed by atoms with van der Waals surface area (Å²) in [6, 6.07) is 5.84. The third-order valence-corrected chi connectivity index (χ3v) is 3.56. The molecule has 0 atom stereocenters. The number of hydrogen-bond donors (Lipinski definition) is 0. The predicted octanol–water partition coefficient (Wildman–Crippen LogP) is 2.71. The minimum absolute atomic E-state index is 0.242. The Morgan fingerprint density at radius 2 is 2.12 bits per heavy atom. The van der Waals surface area contributed by atoms with Crippen LogP contribution < -0.4 is 4.74 Å². The summed E-state index contributed by atoms with van der Waals surface area (Å²) < 4.78 is 22.6. The van der Waals surface area contributed by atoms with Crippen molar-refractivity contribution in [3.05, 3.63) is 27.3 Å². The minimum Gasteiger partial charge on any atom is -0.466 e. The predicted molar refractivity (Wildman–Crippen MR) is 70.9 cm³/mol. The number of halogens is 1. The molecule has 17 heavy (non-hydrogen) atoms. The van der Waals surface area contributed by atoms with Crippen molar-refractivity contribution in [3.8, 4) is 5.75 Å². The average Bonchev–Trinajstić information content (AvgIpc) is 2.39. The first-order valence-corrected chi connectivity index (χ1v) is 6.54. The molecule has 0 N–H and O–H groups in total. The van der Waals surface area contributed by atoms with Crippen molar-refractivity contribution < 1.29 is 18.9 Å². The SMILES string of the molecule is COCOc1cccc(C2OCCCO2)c1I. The van der Waals surface area contributed by atoms with E-state index in [1.165, 1.54) is 0 Å². The van der Waals surface area contributed by atoms with Gasteiger partial charge in [0, 0.05) is 12.7 Å². The molecule has 94 valence electrons. The number of ether oxygens (including phenoxy) is 4. The van der Waals surface area contributed by atoms with Gasteiger partial charge in [0.2, 0.25) is 0 Å². The lowest BCUT2D eigenvalue weighted by molar-refractivity contribution is -0.183. The van der Waals surface area contributed by atoms with Crippen LogP contribution in [0, 0.1) is 3.57 Å². The number of methoxy groups -OCH3 is 1. The standard InChI is InChI=1S/C12H15IO4/c1-14-8-17-10-5-2-4-9(11(10)13)12-15-6-3-7-16-12/h2,4-5,12H,3,6-8H2,1H3. The van der Waals surface area contributed by atoms with Crippen LogP contribution in [0.15, 0.2) is 18.2 Å². The second kappa shape index (κ2) is 6.53. The zero-order valence-electron chi connectivity index (χ0n) is 9.65. The highest BCUT2D eigenvalue weighted by Crippen LogP contribution is 2.32. The summed E-state index contributed by atoms with van der Waals surface area (Å²) in [6.45, 7) is 1.72. The molecular formula is C12H15IO4. The molecule has 1 heterocycles. The number of hydrogen-bond acceptors (Lipinski definition) is 4. The zero-order valence-corrected chi connectivity index (χ0v) is 11.8. The number of rotatable bonds is 4. The van der Waals surface area contributed by atoms with Crippen molar-refractivity contribution in [2.75, 3.05) is 27.1 Å². The van der Waals surface area contributed by atoms with Crippen LogP contribution in [0.2, 0.25) is 0 Å². The second-order valence-electron chi connectivity index (χ2n) is 3.64. The summed E-state index contributed by atoms with van der Waals surface area (Å²) in [7, 11) is 1.60. The largest absolute Gasteiger partial charge is 0.466 e. The van der Waals surface area contributed by atoms with Gasteiger partial charge >= 0.3 is 0 Å². The maximum Gasteiger partial charge on any atom is 0.188 e. The Kier molecular flexibility index (Phi) is 5.02. The molecule has 0 spiro atoms. The van der Waals surface area contributed by atoms with Crippen LogP contribution in [0.3, 0.4) is 0 Å². The van der Waals surface area contributed by atoms with Gasteiger partial charge in [-0.1, -0.05) is 12.1 Å². The molecule has 2 rings (SSSR count). The monoisotopic (exact) mass is 350 g/mol. The smallest absolute Gasteiger partial charge is 0.188 e. The molecule has 1 fully saturated rings. The zero-order chi connectivity index (χ0) is 12.1. The summed E-state index contributed by atoms with van der Waals surface area (Å²) in [4.78, 5) is 0. The molecule has 0 bridgehead atoms. The molecule has 1 aliphatic rings. The minimum atomic E-state index is -0.276. The third kappa shape index (κ3) is 3.31. The molecule has 5 heteroatoms. The molecule has 1 aromatic carbocycles. The lowest BCUT2D eigenvalue weighted by Gasteiger charge is -2.24. The van der Waals surface area contributed by atoms with E-state index in [1.807, 2.05) is 18.2 Å². The fourth-order valence-corrected chi connectivity index (χ4v) is 2.38. The topological polar surface area (TPSA) is 36.9 Å². The van der Waals surface area contributed by atoms with Crippen molar-refractivity contribution in [3.63, 3.8) is 0 Å². The molecule has 4 nitrogen and oxygen atoms in total. The highest BCUT2D eigenvalue weighted by atomic mass is 127. The quantitative estimate of drug-likeness (QED) is 0.618. The Morgan fingerprint density at radius 3 is 2.82 bits per heavy atom. The van der Waals surface area contributed by atoms with E-state index in [2.05, 4.69) is 22.6 Å². The second-order valence-corrected chi connectivity index (χ2v) is 4.72. The first kappa shape index (κ1) is 13.1. The van der Waals surface area contributed by atoms with Gasteiger partial charge in [0.05, 0.1) is 16.8 Å². The van der Waals surface area contributed by atoms with Crippen LogP contribution in [0.25, 0.3) is 0 Å². The molecule has 0 aliphatic carbocycles. The van der Waals surface area contributed by atoms with Crippen LogP contribution in [0.4, 0.5) is 0 Å². The summed E-state index contributed by atoms with van der Waals surface area (Å²) in [5.74, 6) is 0.794. The maximum absolute atomic E-state index is 5.59. The summed E-state index contributed by atoms with van der Waals surface area (Å²) in [6.07, 6.45) is 0.675. The van der Waals surface area contributed by atoms with Crippen LogP contribution in [0.5, 0.6) is 5.75 Å². The van der Waals surface area contributed by atoms with Gasteiger partial charge in [-0.2, -0.15) is 0 Å². The van der Waals surface area contributed by atoms with Crippen LogP contribution >= 0.6 is 22.6 Å². The van der Waals surface area contributed by atoms with Gasteiger partial charge in [-0.05, 0) is 35.1 Å². The van der Waals surface area contributed by atoms with Gasteiger partial charge in [-0.15, -0.1) is 0 Å². The summed E-state index contributed by atoms with van der Waals surface area (Å²) >= 11 is 2.24. The van der Waals surface area contributed by atoms with Crippen LogP contribution in [-0.2, 0) is 14.2 Å². The highest BCUT2D eigenvalue weighted by Gasteiger charge is 2.20. The lowest BCUT2D eigenvalue weighted by atomic mass is 10.2. The molecule has 1 aromatic rings. The van der Waals surface area contributed by atoms with E-state index in [4.69, 9.17) is 18.9 Å². The summed E-state index contributed by atoms with van der Waals surface area (Å²) in [5, 5.41) is 0. The fraction of sp³-hybridized carbons (Fsp3) is 0.500. The van der Waals surface area contributed by atoms with E-state index in [1.54, 1.807) is 7.11 Å². The van der Waals surface area contributed by atoms with E-state index < -0.39 is 0 Å². The average molecular weight is 350 g/mol. The molecule has 0 saturated carbocycles. The summed E-state index contributed by atoms with van der Waals surface area (Å²) in [5.41, 5.74) is 1.01. The lowest BCUT2D eigenvalue weighted by Crippen LogP contribution is -2.18. The first-order chi connectivity index (χ1) is 8.33. The highest BCUT2D eigenvalue weighted by molar-refractivity contribution is 14.1. The van der Waals surface area contributed by atoms with E-state index in [9.17, 15) is 0 Å². The van der Waals surface area contributed by atoms with Crippen LogP contribution in [-0.4, -0.2) is 27.1 Å². The maximum atomic E-state index is 5.59. The van der Waals surface area contributed by atoms with Gasteiger partial charge < -0.3 is 18.9 Å². The Bertz CT molecular complexity index is 364. The van der Waals surface area contributed by atoms with Gasteiger partial charge in [0.15, 0.2) is 13.1 Å². The third-order valence-electron chi connectivity index (χ3n) is 2.41. The van der Waals surface area contributed by atoms with Crippen molar-refractivity contribution in [2.24, 2.45) is 0 Å². The van der Waals surface area contributed by atoms with E-state index >= 15 is 0 Å². The molecule has 1 saturated heterocycles. The van der Waals surface area contributed by atoms with Gasteiger partial charge in [0.1, 0.15) is 5.75 Å². The van der Waals surface area contributed by atoms with E-state index in [-0.39, 0.29) is 13.1 Å². The van der Waals surface area contributed by atoms with Crippen molar-refractivity contribution in [1.29, 1.82) is 0 Å². The van der Waals surface area contributed by atoms with Gasteiger partial charge in [0.25, 0.3) is 0 Å². The Morgan fingerprint density at radius 1 is 1.35 bits per heavy atom. The Balaban J connectivity index is 2.15. The van der Waals surface area contributed by atoms with Gasteiger partial charge in [-0.3, -0.25) is 0 Å². The van der Waals surface area contributed by atoms with Crippen molar-refractivity contribution >= 4 is 22.6 Å². The van der Waals surface area contributed by atoms with Gasteiger partial charge in [-0.25, -0.2) is 0 Å². The fourth-order valence-electron chi connectivity index (χ4n) is 1.61. The molecule has 0 unspecified atom stereocenters. The number of benzene rings is 1. The van der Waals surface area contributed by atoms with Crippen molar-refractivity contribution in [2.45, 2.75) is 12.7 Å².